The van der Waals surface area contributed by atoms with Crippen LogP contribution in [0.1, 0.15) is 22.3 Å². The van der Waals surface area contributed by atoms with E-state index in [-0.39, 0.29) is 12.5 Å². The summed E-state index contributed by atoms with van der Waals surface area (Å²) < 4.78 is 5.26. The fraction of sp³-hybridized carbons (Fsp3) is 0.438. The van der Waals surface area contributed by atoms with Gasteiger partial charge in [0.15, 0.2) is 0 Å². The third-order valence-electron chi connectivity index (χ3n) is 3.20. The third-order valence-corrected chi connectivity index (χ3v) is 4.15. The molecule has 0 atom stereocenters. The van der Waals surface area contributed by atoms with Gasteiger partial charge in [-0.15, -0.1) is 0 Å². The van der Waals surface area contributed by atoms with Crippen LogP contribution < -0.4 is 4.74 Å². The van der Waals surface area contributed by atoms with Crippen molar-refractivity contribution in [1.29, 1.82) is 0 Å². The molecule has 0 bridgehead atoms. The minimum absolute atomic E-state index is 0.0272. The quantitative estimate of drug-likeness (QED) is 0.862. The second kappa shape index (κ2) is 7.96. The van der Waals surface area contributed by atoms with E-state index in [0.29, 0.717) is 23.3 Å². The predicted molar refractivity (Wildman–Crippen MR) is 84.8 cm³/mol. The summed E-state index contributed by atoms with van der Waals surface area (Å²) in [5, 5.41) is 8.79. The van der Waals surface area contributed by atoms with E-state index in [4.69, 9.17) is 9.84 Å². The monoisotopic (exact) mass is 305 g/mol. The highest BCUT2D eigenvalue weighted by atomic mass is 32.2. The number of hydrogen-bond acceptors (Lipinski definition) is 4. The lowest BCUT2D eigenvalue weighted by Crippen LogP contribution is -2.37. The number of carbonyl (C=O) groups excluding carboxylic acids is 1. The Morgan fingerprint density at radius 3 is 2.86 bits per heavy atom. The molecule has 0 radical (unpaired) electrons. The van der Waals surface area contributed by atoms with E-state index in [2.05, 4.69) is 11.8 Å². The molecule has 1 aliphatic heterocycles. The Morgan fingerprint density at radius 2 is 2.19 bits per heavy atom. The number of thioether (sulfide) groups is 1. The molecule has 0 aromatic heterocycles. The van der Waals surface area contributed by atoms with Crippen molar-refractivity contribution in [2.45, 2.75) is 6.42 Å². The standard InChI is InChI=1S/C16H19NO3S/c1-20-15-6-5-14(12-13(15)4-2-3-9-18)16(19)17-7-10-21-11-8-17/h5-6,12,18H,3,7-11H2,1H3. The second-order valence-electron chi connectivity index (χ2n) is 4.60. The van der Waals surface area contributed by atoms with Crippen LogP contribution >= 0.6 is 11.8 Å². The van der Waals surface area contributed by atoms with Crippen LogP contribution in [-0.4, -0.2) is 54.2 Å². The molecule has 0 aliphatic carbocycles. The molecule has 21 heavy (non-hydrogen) atoms. The summed E-state index contributed by atoms with van der Waals surface area (Å²) in [4.78, 5) is 14.3. The molecule has 1 saturated heterocycles. The molecule has 0 spiro atoms. The fourth-order valence-electron chi connectivity index (χ4n) is 2.10. The molecule has 4 nitrogen and oxygen atoms in total. The highest BCUT2D eigenvalue weighted by molar-refractivity contribution is 7.99. The average Bonchev–Trinajstić information content (AvgIpc) is 2.55. The Hall–Kier alpha value is -1.64. The van der Waals surface area contributed by atoms with Gasteiger partial charge in [-0.05, 0) is 18.2 Å². The highest BCUT2D eigenvalue weighted by Gasteiger charge is 2.19. The molecule has 5 heteroatoms. The van der Waals surface area contributed by atoms with E-state index in [1.54, 1.807) is 25.3 Å². The zero-order chi connectivity index (χ0) is 15.1. The van der Waals surface area contributed by atoms with Gasteiger partial charge in [0.1, 0.15) is 5.75 Å². The van der Waals surface area contributed by atoms with Crippen LogP contribution in [-0.2, 0) is 0 Å². The third kappa shape index (κ3) is 4.16. The molecule has 2 rings (SSSR count). The summed E-state index contributed by atoms with van der Waals surface area (Å²) in [5.74, 6) is 8.49. The Balaban J connectivity index is 2.22. The van der Waals surface area contributed by atoms with Gasteiger partial charge >= 0.3 is 0 Å². The van der Waals surface area contributed by atoms with Crippen molar-refractivity contribution < 1.29 is 14.6 Å². The van der Waals surface area contributed by atoms with Crippen LogP contribution in [0, 0.1) is 11.8 Å². The number of aliphatic hydroxyl groups is 1. The van der Waals surface area contributed by atoms with E-state index in [1.165, 1.54) is 0 Å². The maximum Gasteiger partial charge on any atom is 0.253 e. The number of benzene rings is 1. The van der Waals surface area contributed by atoms with E-state index < -0.39 is 0 Å². The number of rotatable bonds is 3. The average molecular weight is 305 g/mol. The van der Waals surface area contributed by atoms with Gasteiger partial charge in [-0.25, -0.2) is 0 Å². The molecule has 1 aromatic rings. The minimum Gasteiger partial charge on any atom is -0.495 e. The molecule has 0 unspecified atom stereocenters. The summed E-state index contributed by atoms with van der Waals surface area (Å²) in [7, 11) is 1.58. The van der Waals surface area contributed by atoms with Crippen LogP contribution in [0.15, 0.2) is 18.2 Å². The lowest BCUT2D eigenvalue weighted by Gasteiger charge is -2.26. The molecule has 1 fully saturated rings. The zero-order valence-electron chi connectivity index (χ0n) is 12.1. The van der Waals surface area contributed by atoms with Gasteiger partial charge in [0, 0.05) is 36.6 Å². The van der Waals surface area contributed by atoms with Gasteiger partial charge < -0.3 is 14.7 Å². The van der Waals surface area contributed by atoms with Gasteiger partial charge in [-0.1, -0.05) is 11.8 Å². The number of ether oxygens (including phenoxy) is 1. The molecule has 1 N–H and O–H groups in total. The van der Waals surface area contributed by atoms with Crippen LogP contribution in [0.4, 0.5) is 0 Å². The molecule has 112 valence electrons. The number of carbonyl (C=O) groups is 1. The van der Waals surface area contributed by atoms with Crippen LogP contribution in [0.3, 0.4) is 0 Å². The first kappa shape index (κ1) is 15.7. The molecular formula is C16H19NO3S. The molecule has 1 amide bonds. The topological polar surface area (TPSA) is 49.8 Å². The molecule has 1 aromatic carbocycles. The van der Waals surface area contributed by atoms with Gasteiger partial charge in [0.05, 0.1) is 19.3 Å². The van der Waals surface area contributed by atoms with Gasteiger partial charge in [-0.3, -0.25) is 4.79 Å². The fourth-order valence-corrected chi connectivity index (χ4v) is 3.00. The zero-order valence-corrected chi connectivity index (χ0v) is 12.9. The largest absolute Gasteiger partial charge is 0.495 e. The van der Waals surface area contributed by atoms with E-state index >= 15 is 0 Å². The van der Waals surface area contributed by atoms with Crippen molar-refractivity contribution in [3.63, 3.8) is 0 Å². The van der Waals surface area contributed by atoms with Gasteiger partial charge in [0.2, 0.25) is 0 Å². The summed E-state index contributed by atoms with van der Waals surface area (Å²) in [6.45, 7) is 1.61. The molecule has 1 heterocycles. The summed E-state index contributed by atoms with van der Waals surface area (Å²) in [6, 6.07) is 5.32. The number of methoxy groups -OCH3 is 1. The van der Waals surface area contributed by atoms with E-state index in [9.17, 15) is 4.79 Å². The van der Waals surface area contributed by atoms with Crippen molar-refractivity contribution in [3.8, 4) is 17.6 Å². The predicted octanol–water partition coefficient (Wildman–Crippen LogP) is 1.62. The smallest absolute Gasteiger partial charge is 0.253 e. The number of nitrogens with zero attached hydrogens (tertiary/aromatic N) is 1. The van der Waals surface area contributed by atoms with Crippen molar-refractivity contribution in [2.24, 2.45) is 0 Å². The summed E-state index contributed by atoms with van der Waals surface area (Å²) >= 11 is 1.87. The molecular weight excluding hydrogens is 286 g/mol. The van der Waals surface area contributed by atoms with Crippen LogP contribution in [0.25, 0.3) is 0 Å². The number of hydrogen-bond donors (Lipinski definition) is 1. The SMILES string of the molecule is COc1ccc(C(=O)N2CCSCC2)cc1C#CCCO. The lowest BCUT2D eigenvalue weighted by atomic mass is 10.1. The number of amides is 1. The molecule has 0 saturated carbocycles. The maximum atomic E-state index is 12.5. The summed E-state index contributed by atoms with van der Waals surface area (Å²) in [5.41, 5.74) is 1.32. The van der Waals surface area contributed by atoms with Crippen molar-refractivity contribution in [1.82, 2.24) is 4.90 Å². The summed E-state index contributed by atoms with van der Waals surface area (Å²) in [6.07, 6.45) is 0.407. The minimum atomic E-state index is 0.0272. The van der Waals surface area contributed by atoms with Crippen LogP contribution in [0.2, 0.25) is 0 Å². The Labute approximate surface area is 129 Å². The highest BCUT2D eigenvalue weighted by Crippen LogP contribution is 2.21. The van der Waals surface area contributed by atoms with E-state index in [1.807, 2.05) is 16.7 Å². The Bertz CT molecular complexity index is 556. The van der Waals surface area contributed by atoms with Gasteiger partial charge in [-0.2, -0.15) is 11.8 Å². The number of aliphatic hydroxyl groups excluding tert-OH is 1. The van der Waals surface area contributed by atoms with Gasteiger partial charge in [0.25, 0.3) is 5.91 Å². The normalized spacial score (nSPS) is 14.3. The van der Waals surface area contributed by atoms with Crippen LogP contribution in [0.5, 0.6) is 5.75 Å². The van der Waals surface area contributed by atoms with Crippen molar-refractivity contribution in [2.75, 3.05) is 38.3 Å². The van der Waals surface area contributed by atoms with Crippen molar-refractivity contribution >= 4 is 17.7 Å². The lowest BCUT2D eigenvalue weighted by molar-refractivity contribution is 0.0772. The first-order valence-corrected chi connectivity index (χ1v) is 8.06. The van der Waals surface area contributed by atoms with Crippen molar-refractivity contribution in [3.05, 3.63) is 29.3 Å². The molecule has 1 aliphatic rings. The maximum absolute atomic E-state index is 12.5. The Kier molecular flexibility index (Phi) is 5.97. The first-order chi connectivity index (χ1) is 10.3. The Morgan fingerprint density at radius 1 is 1.43 bits per heavy atom. The first-order valence-electron chi connectivity index (χ1n) is 6.91. The van der Waals surface area contributed by atoms with E-state index in [0.717, 1.165) is 24.6 Å². The second-order valence-corrected chi connectivity index (χ2v) is 5.82.